The number of alkyl halides is 3. The third-order valence-electron chi connectivity index (χ3n) is 3.96. The maximum absolute atomic E-state index is 12.2. The zero-order valence-electron chi connectivity index (χ0n) is 16.5. The summed E-state index contributed by atoms with van der Waals surface area (Å²) >= 11 is 1.76. The van der Waals surface area contributed by atoms with E-state index in [9.17, 15) is 13.2 Å². The van der Waals surface area contributed by atoms with E-state index >= 15 is 0 Å². The number of halogens is 4. The summed E-state index contributed by atoms with van der Waals surface area (Å²) in [5.74, 6) is 1.16. The third kappa shape index (κ3) is 10.9. The summed E-state index contributed by atoms with van der Waals surface area (Å²) in [7, 11) is 1.71. The second-order valence-corrected chi connectivity index (χ2v) is 7.66. The Morgan fingerprint density at radius 2 is 1.93 bits per heavy atom. The number of guanidine groups is 1. The molecule has 1 unspecified atom stereocenters. The molecule has 1 aromatic carbocycles. The van der Waals surface area contributed by atoms with Crippen LogP contribution in [0.25, 0.3) is 0 Å². The second kappa shape index (κ2) is 13.1. The molecule has 0 amide bonds. The SMILES string of the molecule is CN=C(NCc1cccc(COCC(F)(F)F)c1)NCC(C)Cc1cccs1.I. The molecule has 0 aliphatic rings. The minimum atomic E-state index is -4.31. The van der Waals surface area contributed by atoms with Crippen molar-refractivity contribution in [3.8, 4) is 0 Å². The number of nitrogens with zero attached hydrogens (tertiary/aromatic N) is 1. The Morgan fingerprint density at radius 3 is 2.59 bits per heavy atom. The van der Waals surface area contributed by atoms with Gasteiger partial charge in [0.05, 0.1) is 6.61 Å². The fourth-order valence-electron chi connectivity index (χ4n) is 2.64. The van der Waals surface area contributed by atoms with Crippen LogP contribution in [0.5, 0.6) is 0 Å². The van der Waals surface area contributed by atoms with E-state index in [4.69, 9.17) is 4.74 Å². The number of hydrogen-bond donors (Lipinski definition) is 2. The number of aliphatic imine (C=N–C) groups is 1. The quantitative estimate of drug-likeness (QED) is 0.267. The normalized spacial score (nSPS) is 12.9. The monoisotopic (exact) mass is 541 g/mol. The number of nitrogens with one attached hydrogen (secondary N) is 2. The van der Waals surface area contributed by atoms with Crippen LogP contribution in [-0.4, -0.2) is 32.3 Å². The van der Waals surface area contributed by atoms with E-state index < -0.39 is 12.8 Å². The lowest BCUT2D eigenvalue weighted by atomic mass is 10.1. The lowest BCUT2D eigenvalue weighted by molar-refractivity contribution is -0.176. The number of hydrogen-bond acceptors (Lipinski definition) is 3. The largest absolute Gasteiger partial charge is 0.411 e. The summed E-state index contributed by atoms with van der Waals surface area (Å²) in [6.07, 6.45) is -3.29. The Kier molecular flexibility index (Phi) is 11.6. The molecular weight excluding hydrogens is 514 g/mol. The first-order valence-corrected chi connectivity index (χ1v) is 9.93. The Labute approximate surface area is 191 Å². The molecule has 4 nitrogen and oxygen atoms in total. The van der Waals surface area contributed by atoms with Gasteiger partial charge in [0.25, 0.3) is 0 Å². The predicted molar refractivity (Wildman–Crippen MR) is 123 cm³/mol. The van der Waals surface area contributed by atoms with Gasteiger partial charge >= 0.3 is 6.18 Å². The van der Waals surface area contributed by atoms with Gasteiger partial charge in [0.15, 0.2) is 5.96 Å². The first-order valence-electron chi connectivity index (χ1n) is 9.05. The molecule has 0 radical (unpaired) electrons. The zero-order valence-corrected chi connectivity index (χ0v) is 19.6. The van der Waals surface area contributed by atoms with Gasteiger partial charge in [-0.05, 0) is 34.9 Å². The minimum absolute atomic E-state index is 0. The molecule has 2 rings (SSSR count). The Balaban J connectivity index is 0.00000420. The zero-order chi connectivity index (χ0) is 20.4. The molecule has 0 aliphatic heterocycles. The fraction of sp³-hybridized carbons (Fsp3) is 0.450. The highest BCUT2D eigenvalue weighted by Crippen LogP contribution is 2.16. The van der Waals surface area contributed by atoms with E-state index in [1.807, 2.05) is 18.2 Å². The van der Waals surface area contributed by atoms with Crippen LogP contribution in [0, 0.1) is 5.92 Å². The van der Waals surface area contributed by atoms with Gasteiger partial charge in [0.1, 0.15) is 6.61 Å². The van der Waals surface area contributed by atoms with Crippen LogP contribution in [0.1, 0.15) is 22.9 Å². The van der Waals surface area contributed by atoms with Gasteiger partial charge in [-0.2, -0.15) is 13.2 Å². The van der Waals surface area contributed by atoms with Crippen LogP contribution in [0.3, 0.4) is 0 Å². The van der Waals surface area contributed by atoms with Gasteiger partial charge in [-0.3, -0.25) is 4.99 Å². The average Bonchev–Trinajstić information content (AvgIpc) is 3.14. The molecule has 9 heteroatoms. The van der Waals surface area contributed by atoms with Crippen LogP contribution in [0.15, 0.2) is 46.8 Å². The van der Waals surface area contributed by atoms with Crippen molar-refractivity contribution >= 4 is 41.3 Å². The van der Waals surface area contributed by atoms with Gasteiger partial charge < -0.3 is 15.4 Å². The summed E-state index contributed by atoms with van der Waals surface area (Å²) < 4.78 is 41.2. The maximum atomic E-state index is 12.2. The first kappa shape index (κ1) is 25.7. The number of rotatable bonds is 9. The van der Waals surface area contributed by atoms with Gasteiger partial charge in [-0.25, -0.2) is 0 Å². The smallest absolute Gasteiger partial charge is 0.367 e. The Hall–Kier alpha value is -1.33. The van der Waals surface area contributed by atoms with Crippen LogP contribution >= 0.6 is 35.3 Å². The van der Waals surface area contributed by atoms with Crippen molar-refractivity contribution in [1.82, 2.24) is 10.6 Å². The van der Waals surface area contributed by atoms with Crippen molar-refractivity contribution in [2.24, 2.45) is 10.9 Å². The summed E-state index contributed by atoms with van der Waals surface area (Å²) in [5.41, 5.74) is 1.65. The van der Waals surface area contributed by atoms with Gasteiger partial charge in [-0.15, -0.1) is 35.3 Å². The summed E-state index contributed by atoms with van der Waals surface area (Å²) in [4.78, 5) is 5.58. The van der Waals surface area contributed by atoms with Crippen molar-refractivity contribution in [2.75, 3.05) is 20.2 Å². The van der Waals surface area contributed by atoms with Crippen molar-refractivity contribution in [1.29, 1.82) is 0 Å². The number of ether oxygens (including phenoxy) is 1. The third-order valence-corrected chi connectivity index (χ3v) is 4.86. The predicted octanol–water partition coefficient (Wildman–Crippen LogP) is 4.99. The molecule has 29 heavy (non-hydrogen) atoms. The molecule has 2 N–H and O–H groups in total. The van der Waals surface area contributed by atoms with Crippen molar-refractivity contribution in [2.45, 2.75) is 32.7 Å². The van der Waals surface area contributed by atoms with Crippen LogP contribution in [0.4, 0.5) is 13.2 Å². The highest BCUT2D eigenvalue weighted by Gasteiger charge is 2.27. The molecule has 0 saturated heterocycles. The number of benzene rings is 1. The lowest BCUT2D eigenvalue weighted by Crippen LogP contribution is -2.39. The minimum Gasteiger partial charge on any atom is -0.367 e. The van der Waals surface area contributed by atoms with Crippen LogP contribution < -0.4 is 10.6 Å². The van der Waals surface area contributed by atoms with Crippen LogP contribution in [-0.2, 0) is 24.3 Å². The molecule has 0 saturated carbocycles. The molecule has 0 spiro atoms. The maximum Gasteiger partial charge on any atom is 0.411 e. The topological polar surface area (TPSA) is 45.7 Å². The van der Waals surface area contributed by atoms with Crippen LogP contribution in [0.2, 0.25) is 0 Å². The number of thiophene rings is 1. The van der Waals surface area contributed by atoms with Crippen molar-refractivity contribution in [3.05, 3.63) is 57.8 Å². The highest BCUT2D eigenvalue weighted by molar-refractivity contribution is 14.0. The molecule has 1 atom stereocenters. The molecule has 0 fully saturated rings. The van der Waals surface area contributed by atoms with Gasteiger partial charge in [0, 0.05) is 25.0 Å². The van der Waals surface area contributed by atoms with E-state index in [-0.39, 0.29) is 30.6 Å². The highest BCUT2D eigenvalue weighted by atomic mass is 127. The summed E-state index contributed by atoms with van der Waals surface area (Å²) in [5, 5.41) is 8.62. The van der Waals surface area contributed by atoms with Crippen molar-refractivity contribution < 1.29 is 17.9 Å². The van der Waals surface area contributed by atoms with E-state index in [2.05, 4.69) is 40.1 Å². The molecule has 2 aromatic rings. The lowest BCUT2D eigenvalue weighted by Gasteiger charge is -2.16. The van der Waals surface area contributed by atoms with E-state index in [1.165, 1.54) is 4.88 Å². The van der Waals surface area contributed by atoms with E-state index in [0.717, 1.165) is 18.5 Å². The Morgan fingerprint density at radius 1 is 1.17 bits per heavy atom. The Bertz CT molecular complexity index is 739. The molecular formula is C20H27F3IN3OS. The van der Waals surface area contributed by atoms with E-state index in [0.29, 0.717) is 24.0 Å². The standard InChI is InChI=1S/C20H26F3N3OS.HI/c1-15(9-18-7-4-8-28-18)11-25-19(24-2)26-12-16-5-3-6-17(10-16)13-27-14-20(21,22)23;/h3-8,10,15H,9,11-14H2,1-2H3,(H2,24,25,26);1H. The second-order valence-electron chi connectivity index (χ2n) is 6.62. The molecule has 162 valence electrons. The van der Waals surface area contributed by atoms with E-state index in [1.54, 1.807) is 24.5 Å². The summed E-state index contributed by atoms with van der Waals surface area (Å²) in [6, 6.07) is 11.5. The molecule has 1 heterocycles. The van der Waals surface area contributed by atoms with Crippen molar-refractivity contribution in [3.63, 3.8) is 0 Å². The summed E-state index contributed by atoms with van der Waals surface area (Å²) in [6.45, 7) is 2.19. The molecule has 0 bridgehead atoms. The fourth-order valence-corrected chi connectivity index (χ4v) is 3.51. The average molecular weight is 541 g/mol. The molecule has 0 aliphatic carbocycles. The molecule has 1 aromatic heterocycles. The van der Waals surface area contributed by atoms with Gasteiger partial charge in [0.2, 0.25) is 0 Å². The first-order chi connectivity index (χ1) is 13.4. The van der Waals surface area contributed by atoms with Gasteiger partial charge in [-0.1, -0.05) is 37.3 Å².